The predicted octanol–water partition coefficient (Wildman–Crippen LogP) is 4.08. The standard InChI is InChI=1S/C17H19F2N7/c1-2-11(13-5-6-15(25-13)17(21)24-9-20)16(26-22)8-23-14-4-3-10(18)7-12(14)19/h3-9,11,22-23,25H,2H2,1H3,(H3,20,21,24)/b16-8-,26-22?. The van der Waals surface area contributed by atoms with E-state index < -0.39 is 11.6 Å². The van der Waals surface area contributed by atoms with Gasteiger partial charge < -0.3 is 16.0 Å². The summed E-state index contributed by atoms with van der Waals surface area (Å²) in [6, 6.07) is 6.68. The third kappa shape index (κ3) is 4.38. The molecule has 1 atom stereocenters. The normalized spacial score (nSPS) is 13.3. The average molecular weight is 359 g/mol. The molecule has 0 aliphatic carbocycles. The summed E-state index contributed by atoms with van der Waals surface area (Å²) in [5.41, 5.74) is 14.9. The van der Waals surface area contributed by atoms with Crippen LogP contribution in [0.4, 0.5) is 14.5 Å². The largest absolute Gasteiger partial charge is 0.382 e. The number of hydrogen-bond donors (Lipinski definition) is 5. The molecule has 0 fully saturated rings. The number of anilines is 1. The van der Waals surface area contributed by atoms with Crippen LogP contribution in [0, 0.1) is 22.6 Å². The van der Waals surface area contributed by atoms with E-state index in [-0.39, 0.29) is 17.4 Å². The van der Waals surface area contributed by atoms with Crippen molar-refractivity contribution >= 4 is 17.9 Å². The van der Waals surface area contributed by atoms with Gasteiger partial charge in [0.15, 0.2) is 0 Å². The number of hydrogen-bond acceptors (Lipinski definition) is 4. The Balaban J connectivity index is 2.27. The average Bonchev–Trinajstić information content (AvgIpc) is 3.10. The Bertz CT molecular complexity index is 855. The van der Waals surface area contributed by atoms with Crippen molar-refractivity contribution in [2.24, 2.45) is 15.8 Å². The minimum Gasteiger partial charge on any atom is -0.382 e. The van der Waals surface area contributed by atoms with Crippen LogP contribution in [0.2, 0.25) is 0 Å². The molecule has 1 heterocycles. The topological polar surface area (TPSA) is 126 Å². The minimum absolute atomic E-state index is 0.0805. The number of aromatic amines is 1. The molecule has 136 valence electrons. The van der Waals surface area contributed by atoms with Crippen molar-refractivity contribution < 1.29 is 8.78 Å². The molecule has 0 aliphatic rings. The van der Waals surface area contributed by atoms with Gasteiger partial charge in [0.25, 0.3) is 0 Å². The van der Waals surface area contributed by atoms with Crippen molar-refractivity contribution in [1.82, 2.24) is 4.98 Å². The number of nitrogens with two attached hydrogens (primary N) is 1. The number of amidine groups is 1. The van der Waals surface area contributed by atoms with Crippen LogP contribution in [-0.2, 0) is 0 Å². The highest BCUT2D eigenvalue weighted by atomic mass is 19.1. The Morgan fingerprint density at radius 3 is 2.73 bits per heavy atom. The Labute approximate surface area is 149 Å². The van der Waals surface area contributed by atoms with E-state index in [0.717, 1.165) is 24.2 Å². The molecule has 2 rings (SSSR count). The van der Waals surface area contributed by atoms with Gasteiger partial charge in [-0.15, -0.1) is 0 Å². The van der Waals surface area contributed by atoms with Gasteiger partial charge in [-0.2, -0.15) is 5.11 Å². The Hall–Kier alpha value is -3.36. The second-order valence-electron chi connectivity index (χ2n) is 5.38. The van der Waals surface area contributed by atoms with Crippen LogP contribution in [-0.4, -0.2) is 17.2 Å². The molecule has 0 bridgehead atoms. The van der Waals surface area contributed by atoms with Crippen LogP contribution < -0.4 is 11.1 Å². The third-order valence-corrected chi connectivity index (χ3v) is 3.76. The quantitative estimate of drug-likeness (QED) is 0.277. The molecule has 0 saturated carbocycles. The fourth-order valence-electron chi connectivity index (χ4n) is 2.46. The van der Waals surface area contributed by atoms with Gasteiger partial charge in [0.2, 0.25) is 0 Å². The first-order valence-electron chi connectivity index (χ1n) is 7.80. The summed E-state index contributed by atoms with van der Waals surface area (Å²) in [5.74, 6) is -1.51. The van der Waals surface area contributed by atoms with Gasteiger partial charge in [0.1, 0.15) is 23.8 Å². The summed E-state index contributed by atoms with van der Waals surface area (Å²) in [4.78, 5) is 6.78. The minimum atomic E-state index is -0.739. The summed E-state index contributed by atoms with van der Waals surface area (Å²) in [6.07, 6.45) is 2.87. The van der Waals surface area contributed by atoms with E-state index >= 15 is 0 Å². The number of H-pyrrole nitrogens is 1. The van der Waals surface area contributed by atoms with E-state index in [1.807, 2.05) is 6.92 Å². The number of aromatic nitrogens is 1. The summed E-state index contributed by atoms with van der Waals surface area (Å²) in [5, 5.41) is 13.2. The summed E-state index contributed by atoms with van der Waals surface area (Å²) < 4.78 is 26.7. The van der Waals surface area contributed by atoms with Crippen LogP contribution in [0.1, 0.15) is 30.7 Å². The van der Waals surface area contributed by atoms with E-state index in [2.05, 4.69) is 20.4 Å². The SMILES string of the molecule is CCC(/C(=C/Nc1ccc(F)cc1F)N=N)c1ccc(/C(N)=N\C=N)[nH]1. The zero-order valence-corrected chi connectivity index (χ0v) is 14.1. The van der Waals surface area contributed by atoms with Crippen LogP contribution in [0.25, 0.3) is 0 Å². The lowest BCUT2D eigenvalue weighted by Gasteiger charge is -2.14. The highest BCUT2D eigenvalue weighted by molar-refractivity contribution is 5.99. The van der Waals surface area contributed by atoms with Crippen LogP contribution >= 0.6 is 0 Å². The maximum Gasteiger partial charge on any atom is 0.149 e. The maximum absolute atomic E-state index is 13.7. The lowest BCUT2D eigenvalue weighted by atomic mass is 9.99. The maximum atomic E-state index is 13.7. The van der Waals surface area contributed by atoms with Crippen molar-refractivity contribution in [2.75, 3.05) is 5.32 Å². The fourth-order valence-corrected chi connectivity index (χ4v) is 2.46. The molecule has 1 unspecified atom stereocenters. The van der Waals surface area contributed by atoms with Crippen LogP contribution in [0.15, 0.2) is 52.3 Å². The number of rotatable bonds is 8. The highest BCUT2D eigenvalue weighted by Gasteiger charge is 2.18. The monoisotopic (exact) mass is 359 g/mol. The lowest BCUT2D eigenvalue weighted by molar-refractivity contribution is 0.586. The van der Waals surface area contributed by atoms with Gasteiger partial charge in [-0.3, -0.25) is 5.41 Å². The molecule has 1 aromatic carbocycles. The number of nitrogens with one attached hydrogen (secondary N) is 4. The Kier molecular flexibility index (Phi) is 6.31. The molecule has 0 aliphatic heterocycles. The predicted molar refractivity (Wildman–Crippen MR) is 96.5 cm³/mol. The van der Waals surface area contributed by atoms with Crippen molar-refractivity contribution in [2.45, 2.75) is 19.3 Å². The first-order chi connectivity index (χ1) is 12.5. The van der Waals surface area contributed by atoms with Crippen molar-refractivity contribution in [1.29, 1.82) is 10.9 Å². The molecular weight excluding hydrogens is 340 g/mol. The van der Waals surface area contributed by atoms with Gasteiger partial charge in [-0.05, 0) is 30.7 Å². The fraction of sp³-hybridized carbons (Fsp3) is 0.176. The van der Waals surface area contributed by atoms with Crippen LogP contribution in [0.3, 0.4) is 0 Å². The van der Waals surface area contributed by atoms with E-state index in [9.17, 15) is 8.78 Å². The summed E-state index contributed by atoms with van der Waals surface area (Å²) >= 11 is 0. The number of nitrogens with zero attached hydrogens (tertiary/aromatic N) is 2. The van der Waals surface area contributed by atoms with Gasteiger partial charge in [0.05, 0.1) is 17.1 Å². The first kappa shape index (κ1) is 19.0. The molecule has 2 aromatic rings. The summed E-state index contributed by atoms with van der Waals surface area (Å²) in [6.45, 7) is 1.91. The zero-order chi connectivity index (χ0) is 19.1. The molecule has 1 aromatic heterocycles. The molecule has 9 heteroatoms. The van der Waals surface area contributed by atoms with Gasteiger partial charge in [-0.1, -0.05) is 6.92 Å². The van der Waals surface area contributed by atoms with E-state index in [1.54, 1.807) is 12.1 Å². The second kappa shape index (κ2) is 8.65. The van der Waals surface area contributed by atoms with E-state index in [4.69, 9.17) is 16.7 Å². The molecule has 0 radical (unpaired) electrons. The van der Waals surface area contributed by atoms with E-state index in [0.29, 0.717) is 17.8 Å². The molecule has 7 nitrogen and oxygen atoms in total. The van der Waals surface area contributed by atoms with Gasteiger partial charge in [-0.25, -0.2) is 19.3 Å². The number of aliphatic imine (C=N–C) groups is 1. The number of benzene rings is 1. The summed E-state index contributed by atoms with van der Waals surface area (Å²) in [7, 11) is 0. The zero-order valence-electron chi connectivity index (χ0n) is 14.1. The highest BCUT2D eigenvalue weighted by Crippen LogP contribution is 2.28. The molecule has 0 spiro atoms. The first-order valence-corrected chi connectivity index (χ1v) is 7.80. The Morgan fingerprint density at radius 2 is 2.12 bits per heavy atom. The van der Waals surface area contributed by atoms with E-state index in [1.165, 1.54) is 12.3 Å². The van der Waals surface area contributed by atoms with Crippen molar-refractivity contribution in [3.05, 3.63) is 65.3 Å². The number of allylic oxidation sites excluding steroid dienone is 1. The second-order valence-corrected chi connectivity index (χ2v) is 5.38. The van der Waals surface area contributed by atoms with Crippen molar-refractivity contribution in [3.63, 3.8) is 0 Å². The Morgan fingerprint density at radius 1 is 1.35 bits per heavy atom. The van der Waals surface area contributed by atoms with Crippen LogP contribution in [0.5, 0.6) is 0 Å². The third-order valence-electron chi connectivity index (χ3n) is 3.76. The number of halogens is 2. The molecule has 0 amide bonds. The molecule has 6 N–H and O–H groups in total. The van der Waals surface area contributed by atoms with Gasteiger partial charge in [0, 0.05) is 23.9 Å². The van der Waals surface area contributed by atoms with Crippen molar-refractivity contribution in [3.8, 4) is 0 Å². The lowest BCUT2D eigenvalue weighted by Crippen LogP contribution is -2.14. The molecular formula is C17H19F2N7. The van der Waals surface area contributed by atoms with Gasteiger partial charge >= 0.3 is 0 Å². The molecule has 0 saturated heterocycles. The smallest absolute Gasteiger partial charge is 0.149 e. The molecule has 26 heavy (non-hydrogen) atoms.